The summed E-state index contributed by atoms with van der Waals surface area (Å²) in [5.41, 5.74) is 5.31. The Kier molecular flexibility index (Phi) is 7.56. The summed E-state index contributed by atoms with van der Waals surface area (Å²) in [4.78, 5) is 10.3. The molecule has 0 radical (unpaired) electrons. The molecule has 0 aliphatic carbocycles. The summed E-state index contributed by atoms with van der Waals surface area (Å²) in [5, 5.41) is 8.44. The van der Waals surface area contributed by atoms with Gasteiger partial charge in [0.15, 0.2) is 0 Å². The van der Waals surface area contributed by atoms with Crippen LogP contribution in [-0.4, -0.2) is 23.3 Å². The van der Waals surface area contributed by atoms with Crippen molar-refractivity contribution >= 4 is 25.1 Å². The number of rotatable bonds is 7. The predicted octanol–water partition coefficient (Wildman–Crippen LogP) is 1.37. The van der Waals surface area contributed by atoms with Gasteiger partial charge in [0.2, 0.25) is 0 Å². The standard InChI is InChI=1S/C7H14NO2PS/c8-6(7(9)10)4-2-1-3-5-11-12/h6H,1-5,8H2,(H,9,10)/t6-/m1/s1. The van der Waals surface area contributed by atoms with Crippen molar-refractivity contribution < 1.29 is 9.90 Å². The third kappa shape index (κ3) is 6.65. The summed E-state index contributed by atoms with van der Waals surface area (Å²) in [6.07, 6.45) is 4.60. The zero-order valence-electron chi connectivity index (χ0n) is 6.90. The maximum absolute atomic E-state index is 10.3. The van der Waals surface area contributed by atoms with E-state index in [1.807, 2.05) is 0 Å². The molecule has 3 nitrogen and oxygen atoms in total. The number of nitrogens with two attached hydrogens (primary N) is 1. The summed E-state index contributed by atoms with van der Waals surface area (Å²) in [6.45, 7) is 0. The average Bonchev–Trinajstić information content (AvgIpc) is 2.03. The Morgan fingerprint density at radius 1 is 1.50 bits per heavy atom. The predicted molar refractivity (Wildman–Crippen MR) is 53.2 cm³/mol. The molecule has 0 aromatic rings. The summed E-state index contributed by atoms with van der Waals surface area (Å²) >= 11 is 4.75. The zero-order chi connectivity index (χ0) is 9.40. The first kappa shape index (κ1) is 11.9. The van der Waals surface area contributed by atoms with Gasteiger partial charge < -0.3 is 10.8 Å². The molecule has 0 amide bonds. The van der Waals surface area contributed by atoms with Gasteiger partial charge in [0.05, 0.1) is 0 Å². The highest BCUT2D eigenvalue weighted by molar-refractivity contribution is 7.96. The lowest BCUT2D eigenvalue weighted by Crippen LogP contribution is -2.29. The molecule has 0 unspecified atom stereocenters. The Balaban J connectivity index is 3.19. The Labute approximate surface area is 79.2 Å². The lowest BCUT2D eigenvalue weighted by atomic mass is 10.1. The molecule has 0 aromatic heterocycles. The van der Waals surface area contributed by atoms with Crippen molar-refractivity contribution in [1.29, 1.82) is 0 Å². The quantitative estimate of drug-likeness (QED) is 0.489. The van der Waals surface area contributed by atoms with E-state index >= 15 is 0 Å². The number of unbranched alkanes of at least 4 members (excludes halogenated alkanes) is 2. The van der Waals surface area contributed by atoms with Crippen molar-refractivity contribution in [3.8, 4) is 0 Å². The number of hydrogen-bond donors (Lipinski definition) is 2. The molecule has 3 N–H and O–H groups in total. The van der Waals surface area contributed by atoms with Gasteiger partial charge in [0.1, 0.15) is 6.04 Å². The van der Waals surface area contributed by atoms with Crippen LogP contribution in [0.5, 0.6) is 0 Å². The maximum Gasteiger partial charge on any atom is 0.320 e. The van der Waals surface area contributed by atoms with Crippen LogP contribution in [0, 0.1) is 0 Å². The van der Waals surface area contributed by atoms with E-state index in [4.69, 9.17) is 22.6 Å². The molecule has 12 heavy (non-hydrogen) atoms. The Morgan fingerprint density at radius 3 is 2.67 bits per heavy atom. The Morgan fingerprint density at radius 2 is 2.17 bits per heavy atom. The van der Waals surface area contributed by atoms with E-state index in [0.29, 0.717) is 6.42 Å². The molecule has 0 aliphatic rings. The Hall–Kier alpha value is -0.0500. The molecule has 0 rings (SSSR count). The average molecular weight is 207 g/mol. The van der Waals surface area contributed by atoms with Crippen LogP contribution in [-0.2, 0) is 16.6 Å². The molecular weight excluding hydrogens is 193 g/mol. The minimum absolute atomic E-state index is 0.573. The third-order valence-corrected chi connectivity index (χ3v) is 2.63. The fourth-order valence-corrected chi connectivity index (χ4v) is 1.58. The fraction of sp³-hybridized carbons (Fsp3) is 0.857. The van der Waals surface area contributed by atoms with Crippen molar-refractivity contribution in [3.05, 3.63) is 0 Å². The Bertz CT molecular complexity index is 154. The van der Waals surface area contributed by atoms with Crippen LogP contribution >= 0.6 is 7.36 Å². The van der Waals surface area contributed by atoms with Crippen LogP contribution in [0.2, 0.25) is 0 Å². The van der Waals surface area contributed by atoms with E-state index < -0.39 is 12.0 Å². The van der Waals surface area contributed by atoms with Crippen molar-refractivity contribution in [1.82, 2.24) is 0 Å². The largest absolute Gasteiger partial charge is 0.480 e. The van der Waals surface area contributed by atoms with E-state index in [2.05, 4.69) is 0 Å². The number of carbonyl (C=O) groups is 1. The SMILES string of the molecule is N[C@H](CCCCCP=S)C(=O)O. The van der Waals surface area contributed by atoms with Crippen LogP contribution in [0.15, 0.2) is 0 Å². The lowest BCUT2D eigenvalue weighted by molar-refractivity contribution is -0.138. The molecule has 0 aromatic carbocycles. The van der Waals surface area contributed by atoms with Gasteiger partial charge in [-0.25, -0.2) is 0 Å². The van der Waals surface area contributed by atoms with Crippen molar-refractivity contribution in [2.75, 3.05) is 6.16 Å². The van der Waals surface area contributed by atoms with Gasteiger partial charge in [-0.1, -0.05) is 24.6 Å². The van der Waals surface area contributed by atoms with E-state index in [9.17, 15) is 4.79 Å². The molecule has 0 saturated heterocycles. The smallest absolute Gasteiger partial charge is 0.320 e. The van der Waals surface area contributed by atoms with Crippen LogP contribution in [0.1, 0.15) is 25.7 Å². The van der Waals surface area contributed by atoms with Crippen LogP contribution in [0.3, 0.4) is 0 Å². The van der Waals surface area contributed by atoms with E-state index in [1.165, 1.54) is 0 Å². The normalized spacial score (nSPS) is 13.1. The van der Waals surface area contributed by atoms with Crippen molar-refractivity contribution in [2.24, 2.45) is 5.73 Å². The van der Waals surface area contributed by atoms with Crippen molar-refractivity contribution in [3.63, 3.8) is 0 Å². The highest BCUT2D eigenvalue weighted by Crippen LogP contribution is 2.05. The molecule has 5 heteroatoms. The number of hydrogen-bond acceptors (Lipinski definition) is 3. The second-order valence-electron chi connectivity index (χ2n) is 2.65. The minimum atomic E-state index is -0.906. The second kappa shape index (κ2) is 7.59. The van der Waals surface area contributed by atoms with Gasteiger partial charge in [-0.05, 0) is 26.4 Å². The van der Waals surface area contributed by atoms with Crippen LogP contribution in [0.25, 0.3) is 0 Å². The van der Waals surface area contributed by atoms with E-state index in [-0.39, 0.29) is 0 Å². The van der Waals surface area contributed by atoms with Gasteiger partial charge in [-0.15, -0.1) is 0 Å². The molecule has 0 aliphatic heterocycles. The lowest BCUT2D eigenvalue weighted by Gasteiger charge is -2.04. The summed E-state index contributed by atoms with van der Waals surface area (Å²) in [6, 6.07) is -0.689. The monoisotopic (exact) mass is 207 g/mol. The molecule has 70 valence electrons. The molecule has 0 heterocycles. The van der Waals surface area contributed by atoms with Crippen LogP contribution < -0.4 is 5.73 Å². The first-order valence-corrected chi connectivity index (χ1v) is 6.05. The minimum Gasteiger partial charge on any atom is -0.480 e. The number of aliphatic carboxylic acids is 1. The number of carboxylic acids is 1. The zero-order valence-corrected chi connectivity index (χ0v) is 8.61. The summed E-state index contributed by atoms with van der Waals surface area (Å²) in [7, 11) is 0.999. The van der Waals surface area contributed by atoms with E-state index in [1.54, 1.807) is 0 Å². The molecular formula is C7H14NO2PS. The highest BCUT2D eigenvalue weighted by Gasteiger charge is 2.09. The molecule has 0 bridgehead atoms. The first-order chi connectivity index (χ1) is 5.68. The molecule has 1 atom stereocenters. The third-order valence-electron chi connectivity index (χ3n) is 1.58. The first-order valence-electron chi connectivity index (χ1n) is 3.96. The van der Waals surface area contributed by atoms with Gasteiger partial charge in [-0.2, -0.15) is 0 Å². The van der Waals surface area contributed by atoms with Gasteiger partial charge in [0, 0.05) is 0 Å². The van der Waals surface area contributed by atoms with Crippen LogP contribution in [0.4, 0.5) is 0 Å². The van der Waals surface area contributed by atoms with Gasteiger partial charge in [-0.3, -0.25) is 4.79 Å². The van der Waals surface area contributed by atoms with E-state index in [0.717, 1.165) is 32.8 Å². The highest BCUT2D eigenvalue weighted by atomic mass is 32.4. The van der Waals surface area contributed by atoms with Gasteiger partial charge in [0.25, 0.3) is 0 Å². The molecule has 0 spiro atoms. The molecule has 0 saturated carbocycles. The summed E-state index contributed by atoms with van der Waals surface area (Å²) < 4.78 is 0. The van der Waals surface area contributed by atoms with Gasteiger partial charge >= 0.3 is 5.97 Å². The fourth-order valence-electron chi connectivity index (χ4n) is 0.841. The van der Waals surface area contributed by atoms with Crippen molar-refractivity contribution in [2.45, 2.75) is 31.7 Å². The maximum atomic E-state index is 10.3. The second-order valence-corrected chi connectivity index (χ2v) is 4.13. The number of carboxylic acid groups (broad SMARTS) is 1. The topological polar surface area (TPSA) is 63.3 Å². The molecule has 0 fully saturated rings. The summed E-state index contributed by atoms with van der Waals surface area (Å²) in [5.74, 6) is -0.906.